The largest absolute Gasteiger partial charge is 0.469 e. The summed E-state index contributed by atoms with van der Waals surface area (Å²) in [6, 6.07) is 19.9. The molecule has 236 valence electrons. The van der Waals surface area contributed by atoms with Crippen LogP contribution in [0, 0.1) is 0 Å². The summed E-state index contributed by atoms with van der Waals surface area (Å²) in [5.41, 5.74) is 4.73. The third-order valence-corrected chi connectivity index (χ3v) is 8.39. The predicted octanol–water partition coefficient (Wildman–Crippen LogP) is 0.795. The lowest BCUT2D eigenvalue weighted by Crippen LogP contribution is -2.55. The molecule has 2 saturated heterocycles. The number of hydrogen-bond acceptors (Lipinski definition) is 11. The molecule has 0 bridgehead atoms. The molecule has 2 heterocycles. The van der Waals surface area contributed by atoms with Gasteiger partial charge in [0.25, 0.3) is 0 Å². The molecule has 11 nitrogen and oxygen atoms in total. The van der Waals surface area contributed by atoms with Gasteiger partial charge in [0.15, 0.2) is 0 Å². The second kappa shape index (κ2) is 13.8. The van der Waals surface area contributed by atoms with E-state index in [-0.39, 0.29) is 19.4 Å². The van der Waals surface area contributed by atoms with Gasteiger partial charge >= 0.3 is 5.97 Å². The van der Waals surface area contributed by atoms with E-state index in [1.54, 1.807) is 30.3 Å². The Hall–Kier alpha value is -3.23. The van der Waals surface area contributed by atoms with Crippen LogP contribution in [0.5, 0.6) is 0 Å². The van der Waals surface area contributed by atoms with E-state index in [9.17, 15) is 40.5 Å². The fraction of sp³-hybridized carbons (Fsp3) is 0.424. The van der Waals surface area contributed by atoms with Gasteiger partial charge in [-0.2, -0.15) is 0 Å². The normalized spacial score (nSPS) is 30.6. The van der Waals surface area contributed by atoms with Crippen molar-refractivity contribution in [1.29, 1.82) is 0 Å². The minimum Gasteiger partial charge on any atom is -0.469 e. The van der Waals surface area contributed by atoms with Gasteiger partial charge in [-0.05, 0) is 57.1 Å². The number of ether oxygens (including phenoxy) is 3. The molecule has 5 rings (SSSR count). The van der Waals surface area contributed by atoms with E-state index >= 15 is 0 Å². The lowest BCUT2D eigenvalue weighted by molar-refractivity contribution is -0.231. The maximum Gasteiger partial charge on any atom is 0.310 e. The summed E-state index contributed by atoms with van der Waals surface area (Å²) in [6.45, 7) is -0.822. The van der Waals surface area contributed by atoms with Crippen LogP contribution in [0.15, 0.2) is 66.7 Å². The Labute approximate surface area is 254 Å². The topological polar surface area (TPSA) is 186 Å². The number of hydrogen-bond donors (Lipinski definition) is 7. The molecular formula is C33H38O11. The van der Waals surface area contributed by atoms with Crippen molar-refractivity contribution in [2.45, 2.75) is 67.8 Å². The van der Waals surface area contributed by atoms with Crippen molar-refractivity contribution >= 4 is 5.97 Å². The highest BCUT2D eigenvalue weighted by Gasteiger charge is 2.44. The molecule has 2 aliphatic heterocycles. The monoisotopic (exact) mass is 610 g/mol. The maximum absolute atomic E-state index is 12.5. The van der Waals surface area contributed by atoms with Gasteiger partial charge in [-0.3, -0.25) is 4.79 Å². The molecule has 0 unspecified atom stereocenters. The summed E-state index contributed by atoms with van der Waals surface area (Å²) in [4.78, 5) is 12.5. The first-order valence-corrected chi connectivity index (χ1v) is 14.5. The number of carbonyl (C=O) groups is 1. The molecule has 0 aliphatic carbocycles. The summed E-state index contributed by atoms with van der Waals surface area (Å²) < 4.78 is 16.6. The zero-order valence-electron chi connectivity index (χ0n) is 24.1. The number of aliphatic hydroxyl groups is 7. The molecular weight excluding hydrogens is 572 g/mol. The van der Waals surface area contributed by atoms with Crippen LogP contribution in [-0.2, 0) is 25.4 Å². The highest BCUT2D eigenvalue weighted by Crippen LogP contribution is 2.37. The van der Waals surface area contributed by atoms with Crippen LogP contribution in [0.2, 0.25) is 0 Å². The van der Waals surface area contributed by atoms with Crippen LogP contribution in [0.25, 0.3) is 22.3 Å². The van der Waals surface area contributed by atoms with Crippen LogP contribution in [0.4, 0.5) is 0 Å². The summed E-state index contributed by atoms with van der Waals surface area (Å²) in [5.74, 6) is -0.449. The zero-order chi connectivity index (χ0) is 31.5. The fourth-order valence-electron chi connectivity index (χ4n) is 5.93. The van der Waals surface area contributed by atoms with E-state index < -0.39 is 67.5 Å². The summed E-state index contributed by atoms with van der Waals surface area (Å²) in [6.07, 6.45) is -10.1. The predicted molar refractivity (Wildman–Crippen MR) is 157 cm³/mol. The van der Waals surface area contributed by atoms with Gasteiger partial charge in [0.2, 0.25) is 0 Å². The minimum atomic E-state index is -1.51. The summed E-state index contributed by atoms with van der Waals surface area (Å²) in [7, 11) is 1.31. The van der Waals surface area contributed by atoms with Crippen molar-refractivity contribution in [3.8, 4) is 22.3 Å². The average Bonchev–Trinajstić information content (AvgIpc) is 3.05. The molecule has 3 aromatic rings. The first-order valence-electron chi connectivity index (χ1n) is 14.5. The molecule has 44 heavy (non-hydrogen) atoms. The van der Waals surface area contributed by atoms with Gasteiger partial charge < -0.3 is 50.0 Å². The van der Waals surface area contributed by atoms with E-state index in [2.05, 4.69) is 0 Å². The second-order valence-electron chi connectivity index (χ2n) is 11.3. The first-order chi connectivity index (χ1) is 21.1. The molecule has 2 aliphatic rings. The molecule has 3 aromatic carbocycles. The lowest BCUT2D eigenvalue weighted by Gasteiger charge is -2.40. The Morgan fingerprint density at radius 2 is 1.39 bits per heavy atom. The van der Waals surface area contributed by atoms with Crippen molar-refractivity contribution in [3.05, 3.63) is 83.4 Å². The van der Waals surface area contributed by atoms with Gasteiger partial charge in [0, 0.05) is 6.42 Å². The number of benzene rings is 3. The Bertz CT molecular complexity index is 1440. The summed E-state index contributed by atoms with van der Waals surface area (Å²) in [5, 5.41) is 71.2. The van der Waals surface area contributed by atoms with E-state index in [1.165, 1.54) is 7.11 Å². The standard InChI is InChI=1S/C33H38O11/c1-42-27(37)13-22-11-18(17-4-2-6-20(10-17)33-31(41)30(40)29(39)26(16-35)44-33)8-9-24(22)19-5-3-7-21(12-19)32-28(38)25(36)14-23(15-34)43-32/h2-12,23,25-26,28-36,38-41H,13-16H2,1H3/t23-,25-,26+,28-,29+,30-,31-,32+,33+/m0/s1. The Balaban J connectivity index is 1.49. The smallest absolute Gasteiger partial charge is 0.310 e. The Kier molecular flexibility index (Phi) is 10.1. The van der Waals surface area contributed by atoms with Gasteiger partial charge in [0.05, 0.1) is 39.0 Å². The highest BCUT2D eigenvalue weighted by atomic mass is 16.5. The molecule has 0 saturated carbocycles. The highest BCUT2D eigenvalue weighted by molar-refractivity contribution is 5.81. The van der Waals surface area contributed by atoms with Crippen LogP contribution >= 0.6 is 0 Å². The number of carbonyl (C=O) groups excluding carboxylic acids is 1. The second-order valence-corrected chi connectivity index (χ2v) is 11.3. The van der Waals surface area contributed by atoms with E-state index in [4.69, 9.17) is 14.2 Å². The van der Waals surface area contributed by atoms with Crippen LogP contribution in [0.3, 0.4) is 0 Å². The molecule has 2 fully saturated rings. The number of rotatable bonds is 8. The molecule has 7 N–H and O–H groups in total. The fourth-order valence-corrected chi connectivity index (χ4v) is 5.93. The SMILES string of the molecule is COC(=O)Cc1cc(-c2cccc([C@H]3O[C@H](CO)[C@@H](O)[C@H](O)[C@@H]3O)c2)ccc1-c1cccc([C@H]2O[C@H](CO)C[C@H](O)[C@@H]2O)c1. The van der Waals surface area contributed by atoms with Crippen molar-refractivity contribution in [1.82, 2.24) is 0 Å². The van der Waals surface area contributed by atoms with E-state index in [1.807, 2.05) is 36.4 Å². The van der Waals surface area contributed by atoms with Crippen molar-refractivity contribution in [2.24, 2.45) is 0 Å². The quantitative estimate of drug-likeness (QED) is 0.179. The van der Waals surface area contributed by atoms with Crippen LogP contribution < -0.4 is 0 Å². The summed E-state index contributed by atoms with van der Waals surface area (Å²) >= 11 is 0. The molecule has 0 aromatic heterocycles. The zero-order valence-corrected chi connectivity index (χ0v) is 24.1. The van der Waals surface area contributed by atoms with Gasteiger partial charge in [-0.25, -0.2) is 0 Å². The van der Waals surface area contributed by atoms with Gasteiger partial charge in [0.1, 0.15) is 42.7 Å². The maximum atomic E-state index is 12.5. The van der Waals surface area contributed by atoms with E-state index in [0.717, 1.165) is 22.3 Å². The molecule has 9 atom stereocenters. The van der Waals surface area contributed by atoms with Crippen LogP contribution in [0.1, 0.15) is 35.3 Å². The van der Waals surface area contributed by atoms with Crippen molar-refractivity contribution < 1.29 is 54.8 Å². The van der Waals surface area contributed by atoms with Crippen molar-refractivity contribution in [2.75, 3.05) is 20.3 Å². The number of aliphatic hydroxyl groups excluding tert-OH is 7. The Morgan fingerprint density at radius 3 is 2.05 bits per heavy atom. The van der Waals surface area contributed by atoms with Crippen LogP contribution in [-0.4, -0.2) is 105 Å². The Morgan fingerprint density at radius 1 is 0.750 bits per heavy atom. The van der Waals surface area contributed by atoms with Gasteiger partial charge in [-0.15, -0.1) is 0 Å². The average molecular weight is 611 g/mol. The third-order valence-electron chi connectivity index (χ3n) is 8.39. The number of esters is 1. The van der Waals surface area contributed by atoms with E-state index in [0.29, 0.717) is 16.7 Å². The molecule has 0 spiro atoms. The lowest BCUT2D eigenvalue weighted by atomic mass is 9.88. The van der Waals surface area contributed by atoms with Gasteiger partial charge in [-0.1, -0.05) is 48.5 Å². The minimum absolute atomic E-state index is 0.0375. The van der Waals surface area contributed by atoms with Crippen molar-refractivity contribution in [3.63, 3.8) is 0 Å². The first kappa shape index (κ1) is 32.2. The molecule has 0 amide bonds. The third kappa shape index (κ3) is 6.57. The molecule has 11 heteroatoms. The molecule has 0 radical (unpaired) electrons. The number of methoxy groups -OCH3 is 1.